The first-order chi connectivity index (χ1) is 13.2. The highest BCUT2D eigenvalue weighted by atomic mass is 16.3. The summed E-state index contributed by atoms with van der Waals surface area (Å²) in [5, 5.41) is 18.2. The molecule has 2 aliphatic rings. The minimum Gasteiger partial charge on any atom is -0.493 e. The molecule has 2 aliphatic carbocycles. The summed E-state index contributed by atoms with van der Waals surface area (Å²) in [5.74, 6) is 0.316. The van der Waals surface area contributed by atoms with Crippen molar-refractivity contribution in [1.82, 2.24) is 29.5 Å². The molecule has 0 saturated heterocycles. The summed E-state index contributed by atoms with van der Waals surface area (Å²) in [6.45, 7) is 0. The van der Waals surface area contributed by atoms with Gasteiger partial charge in [0.05, 0.1) is 12.2 Å². The first-order valence-corrected chi connectivity index (χ1v) is 9.25. The lowest BCUT2D eigenvalue weighted by atomic mass is 10.2. The van der Waals surface area contributed by atoms with Crippen molar-refractivity contribution in [3.05, 3.63) is 33.2 Å². The summed E-state index contributed by atoms with van der Waals surface area (Å²) in [6.07, 6.45) is 10.0. The summed E-state index contributed by atoms with van der Waals surface area (Å²) in [6, 6.07) is 0.672. The molecule has 0 unspecified atom stereocenters. The maximum absolute atomic E-state index is 11.4. The van der Waals surface area contributed by atoms with Crippen molar-refractivity contribution in [3.8, 4) is 5.88 Å². The number of anilines is 1. The molecule has 0 aromatic carbocycles. The predicted octanol–water partition coefficient (Wildman–Crippen LogP) is -0.188. The highest BCUT2D eigenvalue weighted by Gasteiger charge is 2.21. The molecule has 0 bridgehead atoms. The second-order valence-corrected chi connectivity index (χ2v) is 7.15. The zero-order valence-electron chi connectivity index (χ0n) is 14.6. The van der Waals surface area contributed by atoms with Crippen molar-refractivity contribution in [2.24, 2.45) is 4.99 Å². The number of aromatic nitrogens is 6. The molecule has 0 atom stereocenters. The van der Waals surface area contributed by atoms with E-state index in [1.54, 1.807) is 16.8 Å². The molecule has 0 spiro atoms. The summed E-state index contributed by atoms with van der Waals surface area (Å²) in [4.78, 5) is 30.1. The van der Waals surface area contributed by atoms with E-state index in [2.05, 4.69) is 35.3 Å². The van der Waals surface area contributed by atoms with Crippen LogP contribution in [0.3, 0.4) is 0 Å². The van der Waals surface area contributed by atoms with Crippen molar-refractivity contribution in [2.75, 3.05) is 5.32 Å². The molecule has 0 amide bonds. The maximum atomic E-state index is 11.4. The van der Waals surface area contributed by atoms with Gasteiger partial charge in [-0.15, -0.1) is 0 Å². The average molecular weight is 368 g/mol. The minimum atomic E-state index is -0.474. The number of imidazole rings is 1. The van der Waals surface area contributed by atoms with Crippen molar-refractivity contribution < 1.29 is 5.11 Å². The molecule has 3 aromatic heterocycles. The monoisotopic (exact) mass is 368 g/mol. The fourth-order valence-electron chi connectivity index (χ4n) is 3.40. The Bertz CT molecular complexity index is 1160. The Morgan fingerprint density at radius 3 is 2.74 bits per heavy atom. The molecule has 0 aliphatic heterocycles. The number of nitrogens with one attached hydrogen (secondary N) is 3. The van der Waals surface area contributed by atoms with Crippen LogP contribution in [0.2, 0.25) is 0 Å². The van der Waals surface area contributed by atoms with Crippen molar-refractivity contribution in [2.45, 2.75) is 50.6 Å². The van der Waals surface area contributed by atoms with Crippen molar-refractivity contribution in [3.63, 3.8) is 0 Å². The highest BCUT2D eigenvalue weighted by molar-refractivity contribution is 5.57. The highest BCUT2D eigenvalue weighted by Crippen LogP contribution is 2.23. The molecule has 0 radical (unpaired) electrons. The van der Waals surface area contributed by atoms with E-state index in [9.17, 15) is 9.90 Å². The van der Waals surface area contributed by atoms with Gasteiger partial charge in [0.2, 0.25) is 11.8 Å². The van der Waals surface area contributed by atoms with Crippen LogP contribution in [-0.2, 0) is 0 Å². The fraction of sp³-hybridized carbons (Fsp3) is 0.471. The lowest BCUT2D eigenvalue weighted by Crippen LogP contribution is -2.27. The standard InChI is InChI=1S/C17H20N8O2/c26-14-12(21-17(27)23-14)7-9-8-18-25-13(9)22-15(19-10-3-1-2-4-10)24-16(25)20-11-5-6-11/h7-8,10-11,26H,1-6H2,(H,19,20,24)(H2,21,23,27)/b9-7-. The Morgan fingerprint density at radius 1 is 1.22 bits per heavy atom. The van der Waals surface area contributed by atoms with Crippen LogP contribution in [0, 0.1) is 0 Å². The summed E-state index contributed by atoms with van der Waals surface area (Å²) < 4.78 is 1.60. The van der Waals surface area contributed by atoms with E-state index < -0.39 is 5.69 Å². The van der Waals surface area contributed by atoms with Gasteiger partial charge in [-0.25, -0.2) is 9.79 Å². The van der Waals surface area contributed by atoms with Crippen LogP contribution < -0.4 is 21.8 Å². The summed E-state index contributed by atoms with van der Waals surface area (Å²) in [5.41, 5.74) is 0.901. The second kappa shape index (κ2) is 6.22. The number of aromatic amines is 2. The van der Waals surface area contributed by atoms with E-state index in [-0.39, 0.29) is 11.6 Å². The van der Waals surface area contributed by atoms with Crippen LogP contribution in [-0.4, -0.2) is 46.7 Å². The third-order valence-electron chi connectivity index (χ3n) is 4.95. The van der Waals surface area contributed by atoms with E-state index in [0.29, 0.717) is 34.5 Å². The quantitative estimate of drug-likeness (QED) is 0.504. The molecular weight excluding hydrogens is 348 g/mol. The van der Waals surface area contributed by atoms with Gasteiger partial charge in [0.15, 0.2) is 5.65 Å². The van der Waals surface area contributed by atoms with Gasteiger partial charge in [-0.2, -0.15) is 19.6 Å². The first kappa shape index (κ1) is 16.0. The van der Waals surface area contributed by atoms with Crippen LogP contribution in [0.15, 0.2) is 16.0 Å². The van der Waals surface area contributed by atoms with Crippen molar-refractivity contribution in [1.29, 1.82) is 0 Å². The van der Waals surface area contributed by atoms with Gasteiger partial charge in [-0.1, -0.05) is 12.8 Å². The number of fused-ring (bicyclic) bond motifs is 1. The van der Waals surface area contributed by atoms with Gasteiger partial charge in [-0.05, 0) is 31.8 Å². The number of hydrogen-bond acceptors (Lipinski definition) is 7. The zero-order valence-corrected chi connectivity index (χ0v) is 14.6. The normalized spacial score (nSPS) is 19.4. The minimum absolute atomic E-state index is 0.222. The van der Waals surface area contributed by atoms with Crippen LogP contribution in [0.25, 0.3) is 11.7 Å². The maximum Gasteiger partial charge on any atom is 0.326 e. The van der Waals surface area contributed by atoms with Gasteiger partial charge < -0.3 is 15.4 Å². The Labute approximate surface area is 153 Å². The SMILES string of the molecule is O=c1[nH]c(O)c(/C=c2/cnn3c(=NC4CC4)nc(NC4CCCC4)nc23)[nH]1. The fourth-order valence-corrected chi connectivity index (χ4v) is 3.40. The van der Waals surface area contributed by atoms with Crippen LogP contribution >= 0.6 is 0 Å². The van der Waals surface area contributed by atoms with E-state index in [1.807, 2.05) is 0 Å². The predicted molar refractivity (Wildman–Crippen MR) is 97.1 cm³/mol. The largest absolute Gasteiger partial charge is 0.493 e. The Hall–Kier alpha value is -3.17. The second-order valence-electron chi connectivity index (χ2n) is 7.15. The zero-order chi connectivity index (χ0) is 18.4. The van der Waals surface area contributed by atoms with Crippen LogP contribution in [0.1, 0.15) is 44.2 Å². The molecular formula is C17H20N8O2. The number of hydrogen-bond donors (Lipinski definition) is 4. The molecule has 5 rings (SSSR count). The number of aromatic hydroxyl groups is 1. The molecule has 10 nitrogen and oxygen atoms in total. The Kier molecular flexibility index (Phi) is 3.69. The molecule has 2 saturated carbocycles. The van der Waals surface area contributed by atoms with E-state index in [4.69, 9.17) is 0 Å². The molecule has 3 heterocycles. The van der Waals surface area contributed by atoms with E-state index >= 15 is 0 Å². The molecule has 4 N–H and O–H groups in total. The molecule has 10 heteroatoms. The molecule has 3 aromatic rings. The lowest BCUT2D eigenvalue weighted by Gasteiger charge is -2.11. The van der Waals surface area contributed by atoms with Gasteiger partial charge in [0.1, 0.15) is 5.69 Å². The number of rotatable bonds is 4. The van der Waals surface area contributed by atoms with Gasteiger partial charge in [-0.3, -0.25) is 4.98 Å². The smallest absolute Gasteiger partial charge is 0.326 e. The van der Waals surface area contributed by atoms with Crippen LogP contribution in [0.4, 0.5) is 5.95 Å². The van der Waals surface area contributed by atoms with E-state index in [1.165, 1.54) is 12.8 Å². The molecule has 140 valence electrons. The molecule has 2 fully saturated rings. The van der Waals surface area contributed by atoms with Gasteiger partial charge in [0.25, 0.3) is 5.62 Å². The van der Waals surface area contributed by atoms with Gasteiger partial charge >= 0.3 is 5.69 Å². The Morgan fingerprint density at radius 2 is 2.04 bits per heavy atom. The van der Waals surface area contributed by atoms with E-state index in [0.717, 1.165) is 25.7 Å². The summed E-state index contributed by atoms with van der Waals surface area (Å²) >= 11 is 0. The topological polar surface area (TPSA) is 136 Å². The first-order valence-electron chi connectivity index (χ1n) is 9.25. The summed E-state index contributed by atoms with van der Waals surface area (Å²) in [7, 11) is 0. The third kappa shape index (κ3) is 3.18. The van der Waals surface area contributed by atoms with Crippen LogP contribution in [0.5, 0.6) is 5.88 Å². The average Bonchev–Trinajstić information content (AvgIpc) is 3.01. The van der Waals surface area contributed by atoms with Gasteiger partial charge in [0, 0.05) is 11.3 Å². The lowest BCUT2D eigenvalue weighted by molar-refractivity contribution is 0.454. The number of nitrogens with zero attached hydrogens (tertiary/aromatic N) is 5. The Balaban J connectivity index is 1.66. The van der Waals surface area contributed by atoms with Crippen molar-refractivity contribution >= 4 is 17.7 Å². The molecule has 27 heavy (non-hydrogen) atoms. The number of H-pyrrole nitrogens is 2. The third-order valence-corrected chi connectivity index (χ3v) is 4.95.